The second-order valence-corrected chi connectivity index (χ2v) is 5.54. The van der Waals surface area contributed by atoms with E-state index >= 15 is 0 Å². The van der Waals surface area contributed by atoms with Crippen LogP contribution in [-0.2, 0) is 4.79 Å². The van der Waals surface area contributed by atoms with Crippen molar-refractivity contribution >= 4 is 5.91 Å². The molecule has 0 aromatic carbocycles. The largest absolute Gasteiger partial charge is 0.341 e. The minimum atomic E-state index is -0.647. The van der Waals surface area contributed by atoms with Gasteiger partial charge in [-0.3, -0.25) is 4.79 Å². The number of likely N-dealkylation sites (tertiary alicyclic amines) is 1. The van der Waals surface area contributed by atoms with Gasteiger partial charge in [0, 0.05) is 13.1 Å². The molecule has 2 rings (SSSR count). The number of carbonyl (C=O) groups excluding carboxylic acids is 1. The van der Waals surface area contributed by atoms with Gasteiger partial charge in [-0.15, -0.1) is 0 Å². The molecule has 0 bridgehead atoms. The molecule has 1 unspecified atom stereocenters. The second-order valence-electron chi connectivity index (χ2n) is 5.54. The molecule has 3 nitrogen and oxygen atoms in total. The lowest BCUT2D eigenvalue weighted by atomic mass is 9.69. The van der Waals surface area contributed by atoms with E-state index in [2.05, 4.69) is 13.0 Å². The predicted octanol–water partition coefficient (Wildman–Crippen LogP) is 2.72. The molecule has 2 fully saturated rings. The Bertz CT molecular complexity index is 328. The monoisotopic (exact) mass is 234 g/mol. The molecule has 0 N–H and O–H groups in total. The zero-order valence-electron chi connectivity index (χ0n) is 10.7. The van der Waals surface area contributed by atoms with Crippen LogP contribution in [0.5, 0.6) is 0 Å². The van der Waals surface area contributed by atoms with Gasteiger partial charge in [0.15, 0.2) is 0 Å². The molecule has 1 heterocycles. The molecule has 1 aliphatic carbocycles. The van der Waals surface area contributed by atoms with Crippen molar-refractivity contribution < 1.29 is 4.79 Å². The van der Waals surface area contributed by atoms with Gasteiger partial charge >= 0.3 is 0 Å². The Kier molecular flexibility index (Phi) is 3.71. The van der Waals surface area contributed by atoms with Crippen molar-refractivity contribution in [2.45, 2.75) is 51.9 Å². The standard InChI is InChI=1S/C14H22N2O/c1-2-12-5-3-9-16(10-6-12)13(17)14(11-15)7-4-8-14/h12H,2-10H2,1H3. The minimum absolute atomic E-state index is 0.114. The highest BCUT2D eigenvalue weighted by Crippen LogP contribution is 2.42. The van der Waals surface area contributed by atoms with Crippen LogP contribution in [0.2, 0.25) is 0 Å². The lowest BCUT2D eigenvalue weighted by Gasteiger charge is -2.37. The smallest absolute Gasteiger partial charge is 0.243 e. The maximum atomic E-state index is 12.4. The van der Waals surface area contributed by atoms with Crippen molar-refractivity contribution in [2.24, 2.45) is 11.3 Å². The fourth-order valence-electron chi connectivity index (χ4n) is 2.98. The molecule has 0 aromatic heterocycles. The number of carbonyl (C=O) groups is 1. The van der Waals surface area contributed by atoms with Crippen LogP contribution in [-0.4, -0.2) is 23.9 Å². The molecule has 17 heavy (non-hydrogen) atoms. The van der Waals surface area contributed by atoms with E-state index in [1.165, 1.54) is 12.8 Å². The van der Waals surface area contributed by atoms with Gasteiger partial charge in [0.2, 0.25) is 5.91 Å². The molecule has 2 aliphatic rings. The Labute approximate surface area is 104 Å². The average molecular weight is 234 g/mol. The van der Waals surface area contributed by atoms with Crippen molar-refractivity contribution in [2.75, 3.05) is 13.1 Å². The topological polar surface area (TPSA) is 44.1 Å². The normalized spacial score (nSPS) is 27.8. The number of nitriles is 1. The predicted molar refractivity (Wildman–Crippen MR) is 66.1 cm³/mol. The summed E-state index contributed by atoms with van der Waals surface area (Å²) in [5.41, 5.74) is -0.647. The van der Waals surface area contributed by atoms with Crippen LogP contribution in [0.1, 0.15) is 51.9 Å². The third-order valence-corrected chi connectivity index (χ3v) is 4.54. The summed E-state index contributed by atoms with van der Waals surface area (Å²) in [7, 11) is 0. The van der Waals surface area contributed by atoms with Gasteiger partial charge in [0.05, 0.1) is 6.07 Å². The third-order valence-electron chi connectivity index (χ3n) is 4.54. The first-order chi connectivity index (χ1) is 8.22. The number of amides is 1. The van der Waals surface area contributed by atoms with E-state index in [0.717, 1.165) is 51.1 Å². The quantitative estimate of drug-likeness (QED) is 0.737. The highest BCUT2D eigenvalue weighted by molar-refractivity contribution is 5.86. The second kappa shape index (κ2) is 5.08. The number of nitrogens with zero attached hydrogens (tertiary/aromatic N) is 2. The summed E-state index contributed by atoms with van der Waals surface area (Å²) in [6, 6.07) is 2.27. The average Bonchev–Trinajstić information content (AvgIpc) is 2.53. The highest BCUT2D eigenvalue weighted by Gasteiger charge is 2.46. The first kappa shape index (κ1) is 12.4. The van der Waals surface area contributed by atoms with Gasteiger partial charge in [0.25, 0.3) is 0 Å². The molecule has 0 aromatic rings. The van der Waals surface area contributed by atoms with E-state index in [-0.39, 0.29) is 5.91 Å². The summed E-state index contributed by atoms with van der Waals surface area (Å²) in [5, 5.41) is 9.21. The Morgan fingerprint density at radius 2 is 2.12 bits per heavy atom. The number of rotatable bonds is 2. The Hall–Kier alpha value is -1.04. The van der Waals surface area contributed by atoms with Crippen LogP contribution in [0.15, 0.2) is 0 Å². The minimum Gasteiger partial charge on any atom is -0.341 e. The Balaban J connectivity index is 1.98. The molecule has 1 saturated heterocycles. The van der Waals surface area contributed by atoms with Crippen LogP contribution in [0.3, 0.4) is 0 Å². The van der Waals surface area contributed by atoms with E-state index in [4.69, 9.17) is 0 Å². The summed E-state index contributed by atoms with van der Waals surface area (Å²) >= 11 is 0. The lowest BCUT2D eigenvalue weighted by Crippen LogP contribution is -2.47. The van der Waals surface area contributed by atoms with E-state index in [1.807, 2.05) is 4.90 Å². The van der Waals surface area contributed by atoms with E-state index in [9.17, 15) is 10.1 Å². The van der Waals surface area contributed by atoms with Crippen molar-refractivity contribution in [3.8, 4) is 6.07 Å². The SMILES string of the molecule is CCC1CCCN(C(=O)C2(C#N)CCC2)CC1. The van der Waals surface area contributed by atoms with E-state index in [0.29, 0.717) is 0 Å². The van der Waals surface area contributed by atoms with Gasteiger partial charge in [-0.2, -0.15) is 5.26 Å². The molecular formula is C14H22N2O. The Morgan fingerprint density at radius 1 is 1.35 bits per heavy atom. The van der Waals surface area contributed by atoms with Gasteiger partial charge in [-0.25, -0.2) is 0 Å². The van der Waals surface area contributed by atoms with Crippen molar-refractivity contribution in [3.63, 3.8) is 0 Å². The van der Waals surface area contributed by atoms with Crippen LogP contribution >= 0.6 is 0 Å². The van der Waals surface area contributed by atoms with Crippen LogP contribution in [0, 0.1) is 22.7 Å². The molecule has 1 saturated carbocycles. The number of hydrogen-bond acceptors (Lipinski definition) is 2. The molecule has 1 amide bonds. The summed E-state index contributed by atoms with van der Waals surface area (Å²) in [5.74, 6) is 0.884. The molecular weight excluding hydrogens is 212 g/mol. The van der Waals surface area contributed by atoms with Crippen molar-refractivity contribution in [3.05, 3.63) is 0 Å². The van der Waals surface area contributed by atoms with Crippen LogP contribution < -0.4 is 0 Å². The summed E-state index contributed by atoms with van der Waals surface area (Å²) in [6.45, 7) is 3.95. The van der Waals surface area contributed by atoms with Gasteiger partial charge in [-0.05, 0) is 44.4 Å². The van der Waals surface area contributed by atoms with Crippen molar-refractivity contribution in [1.82, 2.24) is 4.90 Å². The number of hydrogen-bond donors (Lipinski definition) is 0. The molecule has 94 valence electrons. The lowest BCUT2D eigenvalue weighted by molar-refractivity contribution is -0.142. The van der Waals surface area contributed by atoms with E-state index in [1.54, 1.807) is 0 Å². The Morgan fingerprint density at radius 3 is 2.65 bits per heavy atom. The zero-order chi connectivity index (χ0) is 12.3. The summed E-state index contributed by atoms with van der Waals surface area (Å²) < 4.78 is 0. The maximum Gasteiger partial charge on any atom is 0.243 e. The molecule has 0 radical (unpaired) electrons. The van der Waals surface area contributed by atoms with Gasteiger partial charge < -0.3 is 4.90 Å². The summed E-state index contributed by atoms with van der Waals surface area (Å²) in [6.07, 6.45) is 7.25. The fraction of sp³-hybridized carbons (Fsp3) is 0.857. The zero-order valence-corrected chi connectivity index (χ0v) is 10.7. The van der Waals surface area contributed by atoms with Crippen LogP contribution in [0.4, 0.5) is 0 Å². The van der Waals surface area contributed by atoms with Crippen LogP contribution in [0.25, 0.3) is 0 Å². The third kappa shape index (κ3) is 2.31. The van der Waals surface area contributed by atoms with Gasteiger partial charge in [-0.1, -0.05) is 13.3 Å². The van der Waals surface area contributed by atoms with Gasteiger partial charge in [0.1, 0.15) is 5.41 Å². The molecule has 3 heteroatoms. The molecule has 1 aliphatic heterocycles. The molecule has 1 atom stereocenters. The first-order valence-corrected chi connectivity index (χ1v) is 6.92. The first-order valence-electron chi connectivity index (χ1n) is 6.92. The fourth-order valence-corrected chi connectivity index (χ4v) is 2.98. The highest BCUT2D eigenvalue weighted by atomic mass is 16.2. The summed E-state index contributed by atoms with van der Waals surface area (Å²) in [4.78, 5) is 14.3. The van der Waals surface area contributed by atoms with E-state index < -0.39 is 5.41 Å². The molecule has 0 spiro atoms. The maximum absolute atomic E-state index is 12.4. The van der Waals surface area contributed by atoms with Crippen molar-refractivity contribution in [1.29, 1.82) is 5.26 Å².